The Morgan fingerprint density at radius 2 is 1.90 bits per heavy atom. The molecule has 1 amide bonds. The van der Waals surface area contributed by atoms with E-state index < -0.39 is 21.9 Å². The first-order chi connectivity index (χ1) is 9.20. The third-order valence-corrected chi connectivity index (χ3v) is 2.57. The minimum atomic E-state index is -2.00. The first-order valence-electron chi connectivity index (χ1n) is 5.65. The molecule has 0 aliphatic carbocycles. The SMILES string of the molecule is CC(C)OC(=O)N[C@@H](Oc1ccccc1F)C(Cl)(Cl)Cl. The van der Waals surface area contributed by atoms with E-state index in [-0.39, 0.29) is 11.9 Å². The maximum Gasteiger partial charge on any atom is 0.410 e. The second-order valence-electron chi connectivity index (χ2n) is 4.07. The number of alkyl carbamates (subject to hydrolysis) is 1. The van der Waals surface area contributed by atoms with Gasteiger partial charge in [-0.25, -0.2) is 9.18 Å². The van der Waals surface area contributed by atoms with E-state index in [1.807, 2.05) is 0 Å². The molecule has 112 valence electrons. The molecule has 0 aromatic heterocycles. The van der Waals surface area contributed by atoms with Gasteiger partial charge in [0.15, 0.2) is 11.6 Å². The summed E-state index contributed by atoms with van der Waals surface area (Å²) in [4.78, 5) is 11.5. The van der Waals surface area contributed by atoms with Crippen LogP contribution in [0.2, 0.25) is 0 Å². The lowest BCUT2D eigenvalue weighted by atomic mass is 10.3. The van der Waals surface area contributed by atoms with Gasteiger partial charge in [-0.1, -0.05) is 46.9 Å². The fourth-order valence-corrected chi connectivity index (χ4v) is 1.50. The molecular weight excluding hydrogens is 331 g/mol. The zero-order chi connectivity index (χ0) is 15.3. The summed E-state index contributed by atoms with van der Waals surface area (Å²) in [5, 5.41) is 2.22. The van der Waals surface area contributed by atoms with Gasteiger partial charge in [-0.15, -0.1) is 0 Å². The van der Waals surface area contributed by atoms with E-state index >= 15 is 0 Å². The lowest BCUT2D eigenvalue weighted by Crippen LogP contribution is -2.48. The highest BCUT2D eigenvalue weighted by molar-refractivity contribution is 6.68. The molecule has 1 rings (SSSR count). The van der Waals surface area contributed by atoms with Crippen LogP contribution in [0.15, 0.2) is 24.3 Å². The summed E-state index contributed by atoms with van der Waals surface area (Å²) in [6.07, 6.45) is -2.61. The molecule has 1 N–H and O–H groups in total. The highest BCUT2D eigenvalue weighted by Crippen LogP contribution is 2.32. The van der Waals surface area contributed by atoms with Crippen molar-refractivity contribution in [2.75, 3.05) is 0 Å². The molecule has 0 spiro atoms. The maximum atomic E-state index is 13.5. The van der Waals surface area contributed by atoms with Gasteiger partial charge in [-0.05, 0) is 26.0 Å². The van der Waals surface area contributed by atoms with Crippen molar-refractivity contribution in [3.05, 3.63) is 30.1 Å². The van der Waals surface area contributed by atoms with Crippen LogP contribution < -0.4 is 10.1 Å². The Bertz CT molecular complexity index is 466. The van der Waals surface area contributed by atoms with Gasteiger partial charge in [-0.2, -0.15) is 0 Å². The van der Waals surface area contributed by atoms with Crippen molar-refractivity contribution in [3.63, 3.8) is 0 Å². The number of rotatable bonds is 4. The summed E-state index contributed by atoms with van der Waals surface area (Å²) >= 11 is 17.1. The van der Waals surface area contributed by atoms with Crippen molar-refractivity contribution >= 4 is 40.9 Å². The molecule has 0 unspecified atom stereocenters. The van der Waals surface area contributed by atoms with Gasteiger partial charge in [0.25, 0.3) is 0 Å². The van der Waals surface area contributed by atoms with E-state index in [9.17, 15) is 9.18 Å². The highest BCUT2D eigenvalue weighted by Gasteiger charge is 2.37. The molecule has 1 aromatic rings. The summed E-state index contributed by atoms with van der Waals surface area (Å²) in [6, 6.07) is 5.54. The van der Waals surface area contributed by atoms with Crippen molar-refractivity contribution in [2.45, 2.75) is 30.0 Å². The molecule has 0 fully saturated rings. The molecule has 20 heavy (non-hydrogen) atoms. The maximum absolute atomic E-state index is 13.5. The minimum absolute atomic E-state index is 0.159. The topological polar surface area (TPSA) is 47.6 Å². The third-order valence-electron chi connectivity index (χ3n) is 1.97. The van der Waals surface area contributed by atoms with Crippen molar-refractivity contribution in [1.29, 1.82) is 0 Å². The number of halogens is 4. The Kier molecular flexibility index (Phi) is 6.17. The normalized spacial score (nSPS) is 12.9. The number of carbonyl (C=O) groups is 1. The Labute approximate surface area is 131 Å². The first kappa shape index (κ1) is 17.1. The first-order valence-corrected chi connectivity index (χ1v) is 6.78. The van der Waals surface area contributed by atoms with Crippen LogP contribution in [0.3, 0.4) is 0 Å². The number of ether oxygens (including phenoxy) is 2. The van der Waals surface area contributed by atoms with Crippen molar-refractivity contribution < 1.29 is 18.7 Å². The molecule has 0 aliphatic rings. The standard InChI is InChI=1S/C12H13Cl3FNO3/c1-7(2)19-11(18)17-10(12(13,14)15)20-9-6-4-3-5-8(9)16/h3-7,10H,1-2H3,(H,17,18)/t10-/m0/s1. The van der Waals surface area contributed by atoms with E-state index in [1.54, 1.807) is 19.9 Å². The number of alkyl halides is 3. The molecule has 0 heterocycles. The quantitative estimate of drug-likeness (QED) is 0.662. The second kappa shape index (κ2) is 7.20. The van der Waals surface area contributed by atoms with Crippen molar-refractivity contribution in [3.8, 4) is 5.75 Å². The number of carbonyl (C=O) groups excluding carboxylic acids is 1. The lowest BCUT2D eigenvalue weighted by molar-refractivity contribution is 0.0885. The number of hydrogen-bond acceptors (Lipinski definition) is 3. The average molecular weight is 345 g/mol. The molecule has 0 bridgehead atoms. The minimum Gasteiger partial charge on any atom is -0.463 e. The number of hydrogen-bond donors (Lipinski definition) is 1. The fraction of sp³-hybridized carbons (Fsp3) is 0.417. The molecule has 4 nitrogen and oxygen atoms in total. The third kappa shape index (κ3) is 5.61. The molecule has 0 radical (unpaired) electrons. The molecule has 8 heteroatoms. The van der Waals surface area contributed by atoms with E-state index in [0.717, 1.165) is 0 Å². The predicted molar refractivity (Wildman–Crippen MR) is 75.9 cm³/mol. The predicted octanol–water partition coefficient (Wildman–Crippen LogP) is 4.04. The molecule has 0 saturated heterocycles. The van der Waals surface area contributed by atoms with Gasteiger partial charge in [0.05, 0.1) is 6.10 Å². The van der Waals surface area contributed by atoms with E-state index in [1.165, 1.54) is 18.2 Å². The monoisotopic (exact) mass is 343 g/mol. The van der Waals surface area contributed by atoms with E-state index in [2.05, 4.69) is 5.32 Å². The lowest BCUT2D eigenvalue weighted by Gasteiger charge is -2.26. The van der Waals surface area contributed by atoms with Gasteiger partial charge in [0.2, 0.25) is 10.0 Å². The molecule has 0 saturated carbocycles. The Morgan fingerprint density at radius 3 is 2.40 bits per heavy atom. The number of amides is 1. The molecule has 0 aliphatic heterocycles. The fourth-order valence-electron chi connectivity index (χ4n) is 1.20. The Balaban J connectivity index is 2.81. The van der Waals surface area contributed by atoms with Crippen LogP contribution >= 0.6 is 34.8 Å². The van der Waals surface area contributed by atoms with Crippen LogP contribution in [0.4, 0.5) is 9.18 Å². The Morgan fingerprint density at radius 1 is 1.30 bits per heavy atom. The van der Waals surface area contributed by atoms with E-state index in [0.29, 0.717) is 0 Å². The summed E-state index contributed by atoms with van der Waals surface area (Å²) in [5.74, 6) is -0.806. The van der Waals surface area contributed by atoms with Crippen LogP contribution in [-0.4, -0.2) is 22.2 Å². The van der Waals surface area contributed by atoms with Crippen LogP contribution in [0.5, 0.6) is 5.75 Å². The van der Waals surface area contributed by atoms with Crippen LogP contribution in [0.25, 0.3) is 0 Å². The van der Waals surface area contributed by atoms with Crippen LogP contribution in [0, 0.1) is 5.82 Å². The largest absolute Gasteiger partial charge is 0.463 e. The summed E-state index contributed by atoms with van der Waals surface area (Å²) in [5.41, 5.74) is 0. The Hall–Kier alpha value is -0.910. The highest BCUT2D eigenvalue weighted by atomic mass is 35.6. The number of nitrogens with one attached hydrogen (secondary N) is 1. The van der Waals surface area contributed by atoms with Crippen LogP contribution in [0.1, 0.15) is 13.8 Å². The second-order valence-corrected chi connectivity index (χ2v) is 6.44. The van der Waals surface area contributed by atoms with Gasteiger partial charge in [-0.3, -0.25) is 5.32 Å². The molecule has 1 atom stereocenters. The smallest absolute Gasteiger partial charge is 0.410 e. The van der Waals surface area contributed by atoms with Gasteiger partial charge in [0, 0.05) is 0 Å². The average Bonchev–Trinajstić information content (AvgIpc) is 2.28. The van der Waals surface area contributed by atoms with Crippen molar-refractivity contribution in [1.82, 2.24) is 5.32 Å². The molecule has 1 aromatic carbocycles. The molecular formula is C12H13Cl3FNO3. The summed E-state index contributed by atoms with van der Waals surface area (Å²) in [6.45, 7) is 3.31. The number of benzene rings is 1. The summed E-state index contributed by atoms with van der Waals surface area (Å²) in [7, 11) is 0. The van der Waals surface area contributed by atoms with Gasteiger partial charge in [0.1, 0.15) is 0 Å². The number of para-hydroxylation sites is 1. The van der Waals surface area contributed by atoms with Gasteiger partial charge >= 0.3 is 6.09 Å². The van der Waals surface area contributed by atoms with Gasteiger partial charge < -0.3 is 9.47 Å². The summed E-state index contributed by atoms with van der Waals surface area (Å²) < 4.78 is 21.5. The van der Waals surface area contributed by atoms with Crippen molar-refractivity contribution in [2.24, 2.45) is 0 Å². The zero-order valence-electron chi connectivity index (χ0n) is 10.7. The van der Waals surface area contributed by atoms with Crippen LogP contribution in [-0.2, 0) is 4.74 Å². The zero-order valence-corrected chi connectivity index (χ0v) is 13.0. The van der Waals surface area contributed by atoms with E-state index in [4.69, 9.17) is 44.3 Å².